The molecule has 29 heavy (non-hydrogen) atoms. The molecular weight excluding hydrogens is 382 g/mol. The number of hydrogen-bond donors (Lipinski definition) is 0. The molecular formula is C23H25N3O2S. The smallest absolute Gasteiger partial charge is 0.268 e. The second-order valence-corrected chi connectivity index (χ2v) is 9.22. The molecule has 0 radical (unpaired) electrons. The van der Waals surface area contributed by atoms with Crippen LogP contribution < -0.4 is 0 Å². The van der Waals surface area contributed by atoms with E-state index in [-0.39, 0.29) is 10.8 Å². The van der Waals surface area contributed by atoms with Gasteiger partial charge in [-0.1, -0.05) is 42.0 Å². The summed E-state index contributed by atoms with van der Waals surface area (Å²) in [6.45, 7) is 7.82. The van der Waals surface area contributed by atoms with E-state index in [0.717, 1.165) is 42.4 Å². The highest BCUT2D eigenvalue weighted by Crippen LogP contribution is 2.31. The van der Waals surface area contributed by atoms with Crippen LogP contribution in [-0.2, 0) is 10.0 Å². The zero-order valence-electron chi connectivity index (χ0n) is 16.5. The van der Waals surface area contributed by atoms with Gasteiger partial charge in [-0.15, -0.1) is 6.58 Å². The van der Waals surface area contributed by atoms with Crippen molar-refractivity contribution in [2.75, 3.05) is 13.1 Å². The van der Waals surface area contributed by atoms with E-state index in [1.54, 1.807) is 18.3 Å². The van der Waals surface area contributed by atoms with Gasteiger partial charge in [-0.2, -0.15) is 5.10 Å². The summed E-state index contributed by atoms with van der Waals surface area (Å²) in [4.78, 5) is 0.274. The first-order valence-electron chi connectivity index (χ1n) is 9.84. The van der Waals surface area contributed by atoms with Crippen LogP contribution in [0.5, 0.6) is 0 Å². The monoisotopic (exact) mass is 407 g/mol. The largest absolute Gasteiger partial charge is 0.297 e. The average Bonchev–Trinajstić information content (AvgIpc) is 3.37. The van der Waals surface area contributed by atoms with Crippen LogP contribution in [0.1, 0.15) is 29.9 Å². The average molecular weight is 408 g/mol. The van der Waals surface area contributed by atoms with E-state index in [4.69, 9.17) is 0 Å². The molecule has 0 unspecified atom stereocenters. The molecule has 0 saturated carbocycles. The standard InChI is InChI=1S/C23H25N3O2S/c1-3-19(16-24-25-14-6-7-15-25)22-17-26(23-9-5-4-8-21(22)23)29(27,28)20-12-10-18(2)11-13-20/h3-5,8-13,16-17,19H,1,6-7,14-15H2,2H3/b24-16+/t19-/m1/s1. The first kappa shape index (κ1) is 19.5. The highest BCUT2D eigenvalue weighted by molar-refractivity contribution is 7.90. The number of benzene rings is 2. The molecule has 6 heteroatoms. The van der Waals surface area contributed by atoms with Gasteiger partial charge in [0.2, 0.25) is 0 Å². The molecule has 0 bridgehead atoms. The second kappa shape index (κ2) is 7.87. The number of para-hydroxylation sites is 1. The first-order valence-corrected chi connectivity index (χ1v) is 11.3. The predicted octanol–water partition coefficient (Wildman–Crippen LogP) is 4.54. The van der Waals surface area contributed by atoms with Crippen LogP contribution in [0.2, 0.25) is 0 Å². The molecule has 2 heterocycles. The van der Waals surface area contributed by atoms with Gasteiger partial charge in [0.25, 0.3) is 10.0 Å². The number of fused-ring (bicyclic) bond motifs is 1. The third-order valence-corrected chi connectivity index (χ3v) is 7.06. The molecule has 1 aliphatic heterocycles. The normalized spacial score (nSPS) is 16.0. The van der Waals surface area contributed by atoms with E-state index in [0.29, 0.717) is 5.52 Å². The van der Waals surface area contributed by atoms with Crippen LogP contribution in [-0.4, -0.2) is 36.7 Å². The maximum atomic E-state index is 13.3. The van der Waals surface area contributed by atoms with E-state index in [1.165, 1.54) is 3.97 Å². The molecule has 5 nitrogen and oxygen atoms in total. The summed E-state index contributed by atoms with van der Waals surface area (Å²) >= 11 is 0. The molecule has 0 amide bonds. The molecule has 3 aromatic rings. The lowest BCUT2D eigenvalue weighted by Crippen LogP contribution is -2.13. The van der Waals surface area contributed by atoms with Crippen molar-refractivity contribution in [2.45, 2.75) is 30.6 Å². The Labute approximate surface area is 172 Å². The summed E-state index contributed by atoms with van der Waals surface area (Å²) in [5.41, 5.74) is 2.56. The molecule has 4 rings (SSSR count). The Bertz CT molecular complexity index is 1150. The van der Waals surface area contributed by atoms with Crippen LogP contribution >= 0.6 is 0 Å². The minimum atomic E-state index is -3.71. The van der Waals surface area contributed by atoms with Crippen molar-refractivity contribution < 1.29 is 8.42 Å². The third kappa shape index (κ3) is 3.72. The zero-order valence-corrected chi connectivity index (χ0v) is 17.3. The summed E-state index contributed by atoms with van der Waals surface area (Å²) < 4.78 is 28.1. The molecule has 150 valence electrons. The topological polar surface area (TPSA) is 54.7 Å². The second-order valence-electron chi connectivity index (χ2n) is 7.40. The number of aromatic nitrogens is 1. The Morgan fingerprint density at radius 1 is 1.07 bits per heavy atom. The van der Waals surface area contributed by atoms with E-state index >= 15 is 0 Å². The van der Waals surface area contributed by atoms with Crippen molar-refractivity contribution in [3.8, 4) is 0 Å². The number of allylic oxidation sites excluding steroid dienone is 1. The number of hydrogen-bond acceptors (Lipinski definition) is 4. The van der Waals surface area contributed by atoms with Crippen LogP contribution in [0, 0.1) is 6.92 Å². The molecule has 1 saturated heterocycles. The highest BCUT2D eigenvalue weighted by Gasteiger charge is 2.23. The maximum absolute atomic E-state index is 13.3. The van der Waals surface area contributed by atoms with Gasteiger partial charge in [0.15, 0.2) is 0 Å². The summed E-state index contributed by atoms with van der Waals surface area (Å²) in [7, 11) is -3.71. The quantitative estimate of drug-likeness (QED) is 0.445. The van der Waals surface area contributed by atoms with Gasteiger partial charge in [-0.3, -0.25) is 5.01 Å². The lowest BCUT2D eigenvalue weighted by atomic mass is 10.00. The lowest BCUT2D eigenvalue weighted by Gasteiger charge is -2.12. The molecule has 1 fully saturated rings. The van der Waals surface area contributed by atoms with Gasteiger partial charge in [0.1, 0.15) is 0 Å². The minimum absolute atomic E-state index is 0.171. The van der Waals surface area contributed by atoms with Crippen molar-refractivity contribution >= 4 is 27.1 Å². The number of aryl methyl sites for hydroxylation is 1. The van der Waals surface area contributed by atoms with Crippen LogP contribution in [0.3, 0.4) is 0 Å². The molecule has 0 spiro atoms. The fourth-order valence-corrected chi connectivity index (χ4v) is 5.09. The number of hydrazone groups is 1. The Morgan fingerprint density at radius 3 is 2.45 bits per heavy atom. The van der Waals surface area contributed by atoms with Crippen molar-refractivity contribution in [1.29, 1.82) is 0 Å². The lowest BCUT2D eigenvalue weighted by molar-refractivity contribution is 0.361. The summed E-state index contributed by atoms with van der Waals surface area (Å²) in [5.74, 6) is -0.171. The van der Waals surface area contributed by atoms with Crippen LogP contribution in [0.15, 0.2) is 77.4 Å². The van der Waals surface area contributed by atoms with Crippen molar-refractivity contribution in [2.24, 2.45) is 5.10 Å². The number of nitrogens with zero attached hydrogens (tertiary/aromatic N) is 3. The summed E-state index contributed by atoms with van der Waals surface area (Å²) in [6, 6.07) is 14.5. The van der Waals surface area contributed by atoms with E-state index in [2.05, 4.69) is 16.7 Å². The van der Waals surface area contributed by atoms with Crippen LogP contribution in [0.4, 0.5) is 0 Å². The van der Waals surface area contributed by atoms with Gasteiger partial charge in [-0.05, 0) is 43.5 Å². The summed E-state index contributed by atoms with van der Waals surface area (Å²) in [6.07, 6.45) is 7.70. The Morgan fingerprint density at radius 2 is 1.76 bits per heavy atom. The minimum Gasteiger partial charge on any atom is -0.297 e. The van der Waals surface area contributed by atoms with Gasteiger partial charge in [0, 0.05) is 36.8 Å². The Hall–Kier alpha value is -2.86. The number of rotatable bonds is 6. The maximum Gasteiger partial charge on any atom is 0.268 e. The Kier molecular flexibility index (Phi) is 5.28. The van der Waals surface area contributed by atoms with Gasteiger partial charge < -0.3 is 0 Å². The van der Waals surface area contributed by atoms with Gasteiger partial charge >= 0.3 is 0 Å². The zero-order chi connectivity index (χ0) is 20.4. The first-order chi connectivity index (χ1) is 14.0. The van der Waals surface area contributed by atoms with Crippen molar-refractivity contribution in [3.05, 3.63) is 78.5 Å². The predicted molar refractivity (Wildman–Crippen MR) is 118 cm³/mol. The molecule has 1 aromatic heterocycles. The molecule has 1 atom stereocenters. The van der Waals surface area contributed by atoms with E-state index in [9.17, 15) is 8.42 Å². The van der Waals surface area contributed by atoms with E-state index < -0.39 is 10.0 Å². The molecule has 0 aliphatic carbocycles. The van der Waals surface area contributed by atoms with Crippen molar-refractivity contribution in [1.82, 2.24) is 8.98 Å². The van der Waals surface area contributed by atoms with E-state index in [1.807, 2.05) is 55.6 Å². The summed E-state index contributed by atoms with van der Waals surface area (Å²) in [5, 5.41) is 7.54. The SMILES string of the molecule is C=C[C@H](/C=N/N1CCCC1)c1cn(S(=O)(=O)c2ccc(C)cc2)c2ccccc12. The third-order valence-electron chi connectivity index (χ3n) is 5.37. The Balaban J connectivity index is 1.80. The molecule has 2 aromatic carbocycles. The highest BCUT2D eigenvalue weighted by atomic mass is 32.2. The molecule has 1 aliphatic rings. The van der Waals surface area contributed by atoms with Crippen molar-refractivity contribution in [3.63, 3.8) is 0 Å². The fraction of sp³-hybridized carbons (Fsp3) is 0.261. The van der Waals surface area contributed by atoms with Gasteiger partial charge in [-0.25, -0.2) is 12.4 Å². The van der Waals surface area contributed by atoms with Crippen LogP contribution in [0.25, 0.3) is 10.9 Å². The van der Waals surface area contributed by atoms with Gasteiger partial charge in [0.05, 0.1) is 10.4 Å². The molecule has 0 N–H and O–H groups in total. The fourth-order valence-electron chi connectivity index (χ4n) is 3.71.